The number of piperidine rings is 1. The first-order chi connectivity index (χ1) is 17.4. The molecule has 1 aliphatic heterocycles. The number of amides is 1. The largest absolute Gasteiger partial charge is 0.342 e. The van der Waals surface area contributed by atoms with E-state index >= 15 is 0 Å². The maximum Gasteiger partial charge on any atom is 0.256 e. The highest BCUT2D eigenvalue weighted by Crippen LogP contribution is 2.39. The average molecular weight is 507 g/mol. The van der Waals surface area contributed by atoms with Crippen molar-refractivity contribution < 1.29 is 18.4 Å². The standard InChI is InChI=1S/C29H32F2N4O2/c1-17-15-35(28(37)19(3)29(4,30)31)10-9-23(17)24-16-34(5)27-26(24)18(2)22(14-33-27)12-25(36)21-8-6-7-20(11-21)13-32/h6-8,11,14,16-17,19,23H,9-10,12,15H2,1-5H3/t17-,19-,23+/m0/s1. The molecule has 4 rings (SSSR count). The molecule has 8 heteroatoms. The van der Waals surface area contributed by atoms with Gasteiger partial charge in [0, 0.05) is 56.8 Å². The normalized spacial score (nSPS) is 19.0. The minimum Gasteiger partial charge on any atom is -0.342 e. The maximum atomic E-state index is 13.8. The Labute approximate surface area is 215 Å². The van der Waals surface area contributed by atoms with E-state index in [2.05, 4.69) is 24.2 Å². The fourth-order valence-corrected chi connectivity index (χ4v) is 5.37. The summed E-state index contributed by atoms with van der Waals surface area (Å²) in [6.07, 6.45) is 4.64. The summed E-state index contributed by atoms with van der Waals surface area (Å²) in [5.74, 6) is -4.80. The molecule has 1 aromatic carbocycles. The molecule has 0 aliphatic carbocycles. The van der Waals surface area contributed by atoms with Gasteiger partial charge in [0.25, 0.3) is 5.92 Å². The Balaban J connectivity index is 1.61. The fourth-order valence-electron chi connectivity index (χ4n) is 5.37. The van der Waals surface area contributed by atoms with Crippen molar-refractivity contribution in [2.24, 2.45) is 18.9 Å². The van der Waals surface area contributed by atoms with Gasteiger partial charge in [-0.05, 0) is 60.9 Å². The zero-order valence-corrected chi connectivity index (χ0v) is 21.9. The lowest BCUT2D eigenvalue weighted by Crippen LogP contribution is -2.47. The molecule has 0 unspecified atom stereocenters. The van der Waals surface area contributed by atoms with Crippen LogP contribution in [0.25, 0.3) is 11.0 Å². The molecule has 3 atom stereocenters. The van der Waals surface area contributed by atoms with E-state index in [0.29, 0.717) is 30.6 Å². The number of carbonyl (C=O) groups excluding carboxylic acids is 2. The van der Waals surface area contributed by atoms with Gasteiger partial charge in [-0.25, -0.2) is 13.8 Å². The van der Waals surface area contributed by atoms with Crippen LogP contribution in [0.1, 0.15) is 65.7 Å². The number of alkyl halides is 2. The molecule has 194 valence electrons. The van der Waals surface area contributed by atoms with Crippen molar-refractivity contribution in [2.45, 2.75) is 52.4 Å². The Morgan fingerprint density at radius 1 is 1.32 bits per heavy atom. The first-order valence-corrected chi connectivity index (χ1v) is 12.6. The number of nitrogens with zero attached hydrogens (tertiary/aromatic N) is 4. The highest BCUT2D eigenvalue weighted by atomic mass is 19.3. The quantitative estimate of drug-likeness (QED) is 0.418. The Hall–Kier alpha value is -3.60. The number of rotatable bonds is 6. The molecule has 0 saturated carbocycles. The van der Waals surface area contributed by atoms with Gasteiger partial charge >= 0.3 is 0 Å². The molecule has 1 fully saturated rings. The summed E-state index contributed by atoms with van der Waals surface area (Å²) in [5, 5.41) is 10.2. The SMILES string of the molecule is Cc1c(CC(=O)c2cccc(C#N)c2)cnc2c1c([C@@H]1CCN(C(=O)[C@H](C)C(C)(F)F)C[C@@H]1C)cn2C. The van der Waals surface area contributed by atoms with E-state index in [-0.39, 0.29) is 24.0 Å². The molecule has 37 heavy (non-hydrogen) atoms. The average Bonchev–Trinajstić information content (AvgIpc) is 3.20. The van der Waals surface area contributed by atoms with Crippen LogP contribution >= 0.6 is 0 Å². The van der Waals surface area contributed by atoms with Gasteiger partial charge in [-0.1, -0.05) is 19.1 Å². The van der Waals surface area contributed by atoms with Crippen LogP contribution in [0.3, 0.4) is 0 Å². The number of benzene rings is 1. The van der Waals surface area contributed by atoms with Crippen molar-refractivity contribution in [2.75, 3.05) is 13.1 Å². The maximum absolute atomic E-state index is 13.8. The molecule has 6 nitrogen and oxygen atoms in total. The smallest absolute Gasteiger partial charge is 0.256 e. The molecule has 0 N–H and O–H groups in total. The number of hydrogen-bond acceptors (Lipinski definition) is 4. The van der Waals surface area contributed by atoms with E-state index in [4.69, 9.17) is 5.26 Å². The molecule has 2 aromatic heterocycles. The molecular formula is C29H32F2N4O2. The molecule has 3 heterocycles. The number of Topliss-reactive ketones (excluding diaryl/α,β-unsaturated/α-hetero) is 1. The third-order valence-electron chi connectivity index (χ3n) is 7.79. The van der Waals surface area contributed by atoms with Crippen molar-refractivity contribution in [3.8, 4) is 6.07 Å². The van der Waals surface area contributed by atoms with Gasteiger partial charge in [-0.2, -0.15) is 5.26 Å². The summed E-state index contributed by atoms with van der Waals surface area (Å²) in [6.45, 7) is 6.97. The van der Waals surface area contributed by atoms with E-state index in [1.165, 1.54) is 6.92 Å². The molecule has 3 aromatic rings. The fraction of sp³-hybridized carbons (Fsp3) is 0.448. The van der Waals surface area contributed by atoms with Gasteiger partial charge in [0.05, 0.1) is 17.6 Å². The zero-order valence-electron chi connectivity index (χ0n) is 21.9. The zero-order chi connectivity index (χ0) is 27.1. The number of nitriles is 1. The van der Waals surface area contributed by atoms with E-state index in [9.17, 15) is 18.4 Å². The summed E-state index contributed by atoms with van der Waals surface area (Å²) < 4.78 is 29.5. The number of fused-ring (bicyclic) bond motifs is 1. The van der Waals surface area contributed by atoms with Gasteiger partial charge < -0.3 is 9.47 Å². The first kappa shape index (κ1) is 26.5. The molecule has 1 aliphatic rings. The number of likely N-dealkylation sites (tertiary alicyclic amines) is 1. The summed E-state index contributed by atoms with van der Waals surface area (Å²) in [7, 11) is 1.94. The highest BCUT2D eigenvalue weighted by molar-refractivity contribution is 5.98. The third kappa shape index (κ3) is 5.13. The second-order valence-electron chi connectivity index (χ2n) is 10.4. The van der Waals surface area contributed by atoms with Crippen LogP contribution < -0.4 is 0 Å². The van der Waals surface area contributed by atoms with Crippen LogP contribution in [-0.2, 0) is 18.3 Å². The molecule has 1 saturated heterocycles. The molecule has 0 bridgehead atoms. The van der Waals surface area contributed by atoms with Crippen LogP contribution in [-0.4, -0.2) is 45.2 Å². The van der Waals surface area contributed by atoms with Crippen molar-refractivity contribution in [3.63, 3.8) is 0 Å². The number of carbonyl (C=O) groups is 2. The van der Waals surface area contributed by atoms with Crippen LogP contribution in [0.2, 0.25) is 0 Å². The topological polar surface area (TPSA) is 79.0 Å². The summed E-state index contributed by atoms with van der Waals surface area (Å²) in [5.41, 5.74) is 4.67. The summed E-state index contributed by atoms with van der Waals surface area (Å²) in [4.78, 5) is 31.9. The van der Waals surface area contributed by atoms with Crippen LogP contribution in [0.4, 0.5) is 8.78 Å². The minimum atomic E-state index is -3.06. The van der Waals surface area contributed by atoms with E-state index in [1.54, 1.807) is 35.4 Å². The lowest BCUT2D eigenvalue weighted by molar-refractivity contribution is -0.148. The first-order valence-electron chi connectivity index (χ1n) is 12.6. The van der Waals surface area contributed by atoms with Crippen LogP contribution in [0.15, 0.2) is 36.7 Å². The number of pyridine rings is 1. The Bertz CT molecular complexity index is 1400. The number of ketones is 1. The van der Waals surface area contributed by atoms with Gasteiger partial charge in [0.15, 0.2) is 5.78 Å². The molecule has 0 spiro atoms. The Morgan fingerprint density at radius 2 is 2.05 bits per heavy atom. The number of hydrogen-bond donors (Lipinski definition) is 0. The van der Waals surface area contributed by atoms with Crippen LogP contribution in [0, 0.1) is 30.1 Å². The van der Waals surface area contributed by atoms with Crippen LogP contribution in [0.5, 0.6) is 0 Å². The monoisotopic (exact) mass is 506 g/mol. The van der Waals surface area contributed by atoms with Crippen molar-refractivity contribution in [3.05, 3.63) is 64.5 Å². The minimum absolute atomic E-state index is 0.0689. The second-order valence-corrected chi connectivity index (χ2v) is 10.4. The highest BCUT2D eigenvalue weighted by Gasteiger charge is 2.40. The number of halogens is 2. The van der Waals surface area contributed by atoms with Crippen molar-refractivity contribution >= 4 is 22.7 Å². The van der Waals surface area contributed by atoms with E-state index < -0.39 is 17.7 Å². The third-order valence-corrected chi connectivity index (χ3v) is 7.79. The lowest BCUT2D eigenvalue weighted by atomic mass is 9.80. The van der Waals surface area contributed by atoms with E-state index in [1.807, 2.05) is 18.5 Å². The summed E-state index contributed by atoms with van der Waals surface area (Å²) >= 11 is 0. The lowest BCUT2D eigenvalue weighted by Gasteiger charge is -2.39. The predicted molar refractivity (Wildman–Crippen MR) is 138 cm³/mol. The second kappa shape index (κ2) is 10.0. The Morgan fingerprint density at radius 3 is 2.70 bits per heavy atom. The van der Waals surface area contributed by atoms with Crippen molar-refractivity contribution in [1.82, 2.24) is 14.5 Å². The summed E-state index contributed by atoms with van der Waals surface area (Å²) in [6, 6.07) is 8.75. The molecule has 1 amide bonds. The molecule has 0 radical (unpaired) electrons. The van der Waals surface area contributed by atoms with Gasteiger partial charge in [-0.3, -0.25) is 9.59 Å². The Kier molecular flexibility index (Phi) is 7.18. The number of aryl methyl sites for hydroxylation is 2. The van der Waals surface area contributed by atoms with Crippen molar-refractivity contribution in [1.29, 1.82) is 5.26 Å². The van der Waals surface area contributed by atoms with Gasteiger partial charge in [0.1, 0.15) is 5.65 Å². The van der Waals surface area contributed by atoms with Gasteiger partial charge in [-0.15, -0.1) is 0 Å². The number of aromatic nitrogens is 2. The molecular weight excluding hydrogens is 474 g/mol. The predicted octanol–water partition coefficient (Wildman–Crippen LogP) is 5.42. The van der Waals surface area contributed by atoms with Gasteiger partial charge in [0.2, 0.25) is 5.91 Å². The van der Waals surface area contributed by atoms with E-state index in [0.717, 1.165) is 34.6 Å².